The van der Waals surface area contributed by atoms with Gasteiger partial charge in [0.15, 0.2) is 0 Å². The Bertz CT molecular complexity index is 1460. The summed E-state index contributed by atoms with van der Waals surface area (Å²) in [5, 5.41) is 5.59. The highest BCUT2D eigenvalue weighted by atomic mass is 79.9. The van der Waals surface area contributed by atoms with Crippen molar-refractivity contribution in [3.05, 3.63) is 106 Å². The first-order valence-corrected chi connectivity index (χ1v) is 12.2. The first-order valence-electron chi connectivity index (χ1n) is 9.94. The number of nitrogens with one attached hydrogen (secondary N) is 1. The number of carbonyl (C=O) groups is 1. The van der Waals surface area contributed by atoms with Crippen molar-refractivity contribution in [1.82, 2.24) is 4.83 Å². The molecule has 0 fully saturated rings. The SMILES string of the molecule is Cc1ccc(S(=O)(=O)N/N=C\c2ccc(OC(=O)c3cccc4ccccc34)c(Br)c2)cc1. The van der Waals surface area contributed by atoms with Crippen LogP contribution in [-0.4, -0.2) is 20.6 Å². The molecule has 166 valence electrons. The maximum Gasteiger partial charge on any atom is 0.344 e. The average molecular weight is 523 g/mol. The van der Waals surface area contributed by atoms with E-state index in [2.05, 4.69) is 25.9 Å². The summed E-state index contributed by atoms with van der Waals surface area (Å²) in [7, 11) is -3.76. The fraction of sp³-hybridized carbons (Fsp3) is 0.0400. The Morgan fingerprint density at radius 3 is 2.45 bits per heavy atom. The molecule has 0 unspecified atom stereocenters. The number of nitrogens with zero attached hydrogens (tertiary/aromatic N) is 1. The summed E-state index contributed by atoms with van der Waals surface area (Å²) >= 11 is 3.40. The molecule has 0 amide bonds. The summed E-state index contributed by atoms with van der Waals surface area (Å²) in [5.41, 5.74) is 2.04. The van der Waals surface area contributed by atoms with Crippen LogP contribution in [0.15, 0.2) is 99.4 Å². The second kappa shape index (κ2) is 9.56. The van der Waals surface area contributed by atoms with Crippen LogP contribution in [0.5, 0.6) is 5.75 Å². The molecule has 0 bridgehead atoms. The van der Waals surface area contributed by atoms with Crippen molar-refractivity contribution in [2.75, 3.05) is 0 Å². The Labute approximate surface area is 200 Å². The summed E-state index contributed by atoms with van der Waals surface area (Å²) < 4.78 is 30.7. The minimum absolute atomic E-state index is 0.127. The first kappa shape index (κ1) is 22.7. The smallest absolute Gasteiger partial charge is 0.344 e. The van der Waals surface area contributed by atoms with Crippen LogP contribution in [0.2, 0.25) is 0 Å². The van der Waals surface area contributed by atoms with Crippen LogP contribution >= 0.6 is 15.9 Å². The molecule has 1 N–H and O–H groups in total. The van der Waals surface area contributed by atoms with E-state index in [-0.39, 0.29) is 4.90 Å². The highest BCUT2D eigenvalue weighted by molar-refractivity contribution is 9.10. The van der Waals surface area contributed by atoms with E-state index in [4.69, 9.17) is 4.74 Å². The molecule has 4 rings (SSSR count). The van der Waals surface area contributed by atoms with E-state index in [1.165, 1.54) is 18.3 Å². The van der Waals surface area contributed by atoms with E-state index in [9.17, 15) is 13.2 Å². The zero-order chi connectivity index (χ0) is 23.4. The molecular weight excluding hydrogens is 504 g/mol. The minimum atomic E-state index is -3.76. The van der Waals surface area contributed by atoms with Crippen LogP contribution in [0, 0.1) is 6.92 Å². The predicted octanol–water partition coefficient (Wildman–Crippen LogP) is 5.44. The van der Waals surface area contributed by atoms with Gasteiger partial charge in [0.25, 0.3) is 10.0 Å². The van der Waals surface area contributed by atoms with Crippen molar-refractivity contribution < 1.29 is 17.9 Å². The van der Waals surface area contributed by atoms with Crippen LogP contribution < -0.4 is 9.57 Å². The number of sulfonamides is 1. The molecule has 0 aliphatic rings. The van der Waals surface area contributed by atoms with Gasteiger partial charge in [-0.15, -0.1) is 0 Å². The van der Waals surface area contributed by atoms with Gasteiger partial charge in [0, 0.05) is 0 Å². The van der Waals surface area contributed by atoms with Gasteiger partial charge in [-0.05, 0) is 75.6 Å². The Hall–Kier alpha value is -3.49. The van der Waals surface area contributed by atoms with E-state index < -0.39 is 16.0 Å². The number of aryl methyl sites for hydroxylation is 1. The fourth-order valence-corrected chi connectivity index (χ4v) is 4.45. The topological polar surface area (TPSA) is 84.8 Å². The van der Waals surface area contributed by atoms with E-state index >= 15 is 0 Å². The number of hydrogen-bond donors (Lipinski definition) is 1. The fourth-order valence-electron chi connectivity index (χ4n) is 3.18. The van der Waals surface area contributed by atoms with Gasteiger partial charge in [0.1, 0.15) is 5.75 Å². The van der Waals surface area contributed by atoms with E-state index in [0.29, 0.717) is 21.3 Å². The second-order valence-electron chi connectivity index (χ2n) is 7.27. The van der Waals surface area contributed by atoms with Gasteiger partial charge in [-0.25, -0.2) is 9.63 Å². The molecule has 4 aromatic rings. The molecule has 0 heterocycles. The molecule has 0 radical (unpaired) electrons. The summed E-state index contributed by atoms with van der Waals surface area (Å²) in [6, 6.07) is 24.5. The Morgan fingerprint density at radius 2 is 1.70 bits per heavy atom. The largest absolute Gasteiger partial charge is 0.422 e. The Kier molecular flexibility index (Phi) is 6.57. The lowest BCUT2D eigenvalue weighted by molar-refractivity contribution is 0.0735. The lowest BCUT2D eigenvalue weighted by Crippen LogP contribution is -2.18. The number of hydrogen-bond acceptors (Lipinski definition) is 5. The van der Waals surface area contributed by atoms with E-state index in [0.717, 1.165) is 16.3 Å². The highest BCUT2D eigenvalue weighted by Crippen LogP contribution is 2.27. The Morgan fingerprint density at radius 1 is 0.970 bits per heavy atom. The maximum atomic E-state index is 12.8. The summed E-state index contributed by atoms with van der Waals surface area (Å²) in [6.07, 6.45) is 1.37. The zero-order valence-corrected chi connectivity index (χ0v) is 19.9. The minimum Gasteiger partial charge on any atom is -0.422 e. The maximum absolute atomic E-state index is 12.8. The van der Waals surface area contributed by atoms with Crippen molar-refractivity contribution in [1.29, 1.82) is 0 Å². The number of esters is 1. The number of rotatable bonds is 6. The van der Waals surface area contributed by atoms with E-state index in [1.54, 1.807) is 36.4 Å². The van der Waals surface area contributed by atoms with Crippen LogP contribution in [0.1, 0.15) is 21.5 Å². The third kappa shape index (κ3) is 5.30. The van der Waals surface area contributed by atoms with Crippen molar-refractivity contribution in [2.45, 2.75) is 11.8 Å². The molecule has 33 heavy (non-hydrogen) atoms. The molecule has 0 saturated carbocycles. The lowest BCUT2D eigenvalue weighted by Gasteiger charge is -2.09. The first-order chi connectivity index (χ1) is 15.8. The molecule has 0 aliphatic carbocycles. The van der Waals surface area contributed by atoms with Crippen molar-refractivity contribution in [3.63, 3.8) is 0 Å². The molecule has 0 aliphatic heterocycles. The Balaban J connectivity index is 1.47. The summed E-state index contributed by atoms with van der Waals surface area (Å²) in [5.74, 6) is -0.134. The van der Waals surface area contributed by atoms with Crippen LogP contribution in [0.4, 0.5) is 0 Å². The van der Waals surface area contributed by atoms with Gasteiger partial charge < -0.3 is 4.74 Å². The summed E-state index contributed by atoms with van der Waals surface area (Å²) in [6.45, 7) is 1.88. The van der Waals surface area contributed by atoms with Crippen molar-refractivity contribution >= 4 is 48.9 Å². The molecular formula is C25H19BrN2O4S. The highest BCUT2D eigenvalue weighted by Gasteiger charge is 2.15. The predicted molar refractivity (Wildman–Crippen MR) is 132 cm³/mol. The van der Waals surface area contributed by atoms with E-state index in [1.807, 2.05) is 43.3 Å². The van der Waals surface area contributed by atoms with Gasteiger partial charge >= 0.3 is 5.97 Å². The van der Waals surface area contributed by atoms with Gasteiger partial charge in [-0.3, -0.25) is 0 Å². The molecule has 4 aromatic carbocycles. The molecule has 6 nitrogen and oxygen atoms in total. The average Bonchev–Trinajstić information content (AvgIpc) is 2.80. The molecule has 0 saturated heterocycles. The monoisotopic (exact) mass is 522 g/mol. The number of ether oxygens (including phenoxy) is 1. The number of benzene rings is 4. The van der Waals surface area contributed by atoms with Gasteiger partial charge in [-0.1, -0.05) is 54.1 Å². The van der Waals surface area contributed by atoms with Gasteiger partial charge in [0.2, 0.25) is 0 Å². The second-order valence-corrected chi connectivity index (χ2v) is 9.79. The molecule has 0 atom stereocenters. The van der Waals surface area contributed by atoms with Crippen molar-refractivity contribution in [2.24, 2.45) is 5.10 Å². The van der Waals surface area contributed by atoms with Gasteiger partial charge in [-0.2, -0.15) is 13.5 Å². The van der Waals surface area contributed by atoms with Crippen LogP contribution in [0.25, 0.3) is 10.8 Å². The third-order valence-electron chi connectivity index (χ3n) is 4.89. The quantitative estimate of drug-likeness (QED) is 0.158. The number of fused-ring (bicyclic) bond motifs is 1. The molecule has 0 spiro atoms. The summed E-state index contributed by atoms with van der Waals surface area (Å²) in [4.78, 5) is 15.1. The number of hydrazone groups is 1. The number of carbonyl (C=O) groups excluding carboxylic acids is 1. The normalized spacial score (nSPS) is 11.6. The number of halogens is 1. The molecule has 0 aromatic heterocycles. The molecule has 8 heteroatoms. The lowest BCUT2D eigenvalue weighted by atomic mass is 10.0. The van der Waals surface area contributed by atoms with Crippen molar-refractivity contribution in [3.8, 4) is 5.75 Å². The van der Waals surface area contributed by atoms with Crippen LogP contribution in [0.3, 0.4) is 0 Å². The zero-order valence-electron chi connectivity index (χ0n) is 17.5. The third-order valence-corrected chi connectivity index (χ3v) is 6.74. The standard InChI is InChI=1S/C25H19BrN2O4S/c1-17-9-12-20(13-10-17)33(30,31)28-27-16-18-11-14-24(23(26)15-18)32-25(29)22-8-4-6-19-5-2-3-7-21(19)22/h2-16,28H,1H3/b27-16-. The van der Waals surface area contributed by atoms with Gasteiger partial charge in [0.05, 0.1) is 21.1 Å². The van der Waals surface area contributed by atoms with Crippen LogP contribution in [-0.2, 0) is 10.0 Å².